The predicted molar refractivity (Wildman–Crippen MR) is 93.0 cm³/mol. The van der Waals surface area contributed by atoms with Gasteiger partial charge in [-0.25, -0.2) is 0 Å². The highest BCUT2D eigenvalue weighted by atomic mass is 35.5. The van der Waals surface area contributed by atoms with Crippen LogP contribution < -0.4 is 9.47 Å². The smallest absolute Gasteiger partial charge is 0.269 e. The van der Waals surface area contributed by atoms with Gasteiger partial charge in [-0.2, -0.15) is 4.98 Å². The van der Waals surface area contributed by atoms with Gasteiger partial charge in [0.1, 0.15) is 5.03 Å². The third kappa shape index (κ3) is 3.41. The van der Waals surface area contributed by atoms with E-state index >= 15 is 0 Å². The molecule has 0 amide bonds. The monoisotopic (exact) mass is 342 g/mol. The van der Waals surface area contributed by atoms with Crippen LogP contribution in [0.3, 0.4) is 0 Å². The van der Waals surface area contributed by atoms with E-state index in [1.165, 1.54) is 0 Å². The summed E-state index contributed by atoms with van der Waals surface area (Å²) < 4.78 is 15.7. The zero-order chi connectivity index (χ0) is 16.9. The molecule has 0 spiro atoms. The van der Waals surface area contributed by atoms with Crippen LogP contribution in [0.25, 0.3) is 22.5 Å². The Bertz CT molecular complexity index is 860. The van der Waals surface area contributed by atoms with Crippen LogP contribution in [0.15, 0.2) is 53.1 Å². The third-order valence-corrected chi connectivity index (χ3v) is 3.63. The van der Waals surface area contributed by atoms with Crippen LogP contribution in [0.5, 0.6) is 11.5 Å². The highest BCUT2D eigenvalue weighted by Crippen LogP contribution is 2.30. The number of rotatable bonds is 5. The van der Waals surface area contributed by atoms with Crippen LogP contribution in [0.4, 0.5) is 0 Å². The Hall–Kier alpha value is -2.79. The van der Waals surface area contributed by atoms with Gasteiger partial charge >= 0.3 is 0 Å². The van der Waals surface area contributed by atoms with Gasteiger partial charge in [-0.15, -0.1) is 0 Å². The molecule has 0 unspecified atom stereocenters. The minimum absolute atomic E-state index is 0.255. The van der Waals surface area contributed by atoms with E-state index in [-0.39, 0.29) is 5.89 Å². The van der Waals surface area contributed by atoms with Crippen LogP contribution in [0.2, 0.25) is 0 Å². The lowest BCUT2D eigenvalue weighted by atomic mass is 10.2. The SMILES string of the molecule is COc1ccc(/C=C(\Cl)c2nc(-c3ccccc3)no2)cc1OC. The fourth-order valence-corrected chi connectivity index (χ4v) is 2.38. The molecule has 0 radical (unpaired) electrons. The lowest BCUT2D eigenvalue weighted by Gasteiger charge is -2.07. The summed E-state index contributed by atoms with van der Waals surface area (Å²) in [4.78, 5) is 4.32. The molecular formula is C18H15ClN2O3. The number of nitrogens with zero attached hydrogens (tertiary/aromatic N) is 2. The Morgan fingerprint density at radius 2 is 1.79 bits per heavy atom. The number of aromatic nitrogens is 2. The second kappa shape index (κ2) is 7.19. The molecule has 0 N–H and O–H groups in total. The summed E-state index contributed by atoms with van der Waals surface area (Å²) >= 11 is 6.30. The molecule has 0 saturated carbocycles. The number of ether oxygens (including phenoxy) is 2. The maximum atomic E-state index is 6.30. The zero-order valence-corrected chi connectivity index (χ0v) is 13.9. The van der Waals surface area contributed by atoms with Gasteiger partial charge in [0.15, 0.2) is 11.5 Å². The molecule has 0 fully saturated rings. The lowest BCUT2D eigenvalue weighted by molar-refractivity contribution is 0.355. The summed E-state index contributed by atoms with van der Waals surface area (Å²) in [6, 6.07) is 15.0. The van der Waals surface area contributed by atoms with Gasteiger partial charge in [-0.3, -0.25) is 0 Å². The topological polar surface area (TPSA) is 57.4 Å². The van der Waals surface area contributed by atoms with Crippen molar-refractivity contribution < 1.29 is 14.0 Å². The number of hydrogen-bond donors (Lipinski definition) is 0. The van der Waals surface area contributed by atoms with Crippen LogP contribution in [0, 0.1) is 0 Å². The van der Waals surface area contributed by atoms with E-state index in [1.54, 1.807) is 26.4 Å². The van der Waals surface area contributed by atoms with Gasteiger partial charge in [0.25, 0.3) is 5.89 Å². The number of halogens is 1. The van der Waals surface area contributed by atoms with Gasteiger partial charge in [0, 0.05) is 5.56 Å². The number of benzene rings is 2. The van der Waals surface area contributed by atoms with Crippen molar-refractivity contribution in [3.05, 3.63) is 60.0 Å². The van der Waals surface area contributed by atoms with Crippen LogP contribution in [0.1, 0.15) is 11.5 Å². The van der Waals surface area contributed by atoms with Crippen molar-refractivity contribution in [2.24, 2.45) is 0 Å². The van der Waals surface area contributed by atoms with E-state index in [2.05, 4.69) is 10.1 Å². The second-order valence-corrected chi connectivity index (χ2v) is 5.30. The fraction of sp³-hybridized carbons (Fsp3) is 0.111. The predicted octanol–water partition coefficient (Wildman–Crippen LogP) is 4.49. The molecular weight excluding hydrogens is 328 g/mol. The lowest BCUT2D eigenvalue weighted by Crippen LogP contribution is -1.90. The van der Waals surface area contributed by atoms with E-state index < -0.39 is 0 Å². The highest BCUT2D eigenvalue weighted by Gasteiger charge is 2.12. The molecule has 0 aliphatic rings. The van der Waals surface area contributed by atoms with Crippen molar-refractivity contribution >= 4 is 22.7 Å². The summed E-state index contributed by atoms with van der Waals surface area (Å²) in [5.41, 5.74) is 1.69. The average molecular weight is 343 g/mol. The summed E-state index contributed by atoms with van der Waals surface area (Å²) in [6.07, 6.45) is 1.73. The molecule has 0 saturated heterocycles. The maximum absolute atomic E-state index is 6.30. The highest BCUT2D eigenvalue weighted by molar-refractivity contribution is 6.50. The first-order valence-corrected chi connectivity index (χ1v) is 7.58. The first-order chi connectivity index (χ1) is 11.7. The molecule has 0 aliphatic carbocycles. The largest absolute Gasteiger partial charge is 0.493 e. The molecule has 1 aromatic heterocycles. The van der Waals surface area contributed by atoms with E-state index in [0.717, 1.165) is 11.1 Å². The first-order valence-electron chi connectivity index (χ1n) is 7.20. The number of hydrogen-bond acceptors (Lipinski definition) is 5. The van der Waals surface area contributed by atoms with Crippen LogP contribution in [-0.2, 0) is 0 Å². The van der Waals surface area contributed by atoms with Gasteiger partial charge < -0.3 is 14.0 Å². The first kappa shape index (κ1) is 16.1. The summed E-state index contributed by atoms with van der Waals surface area (Å²) in [5.74, 6) is 2.01. The standard InChI is InChI=1S/C18H15ClN2O3/c1-22-15-9-8-12(11-16(15)23-2)10-14(19)18-20-17(21-24-18)13-6-4-3-5-7-13/h3-11H,1-2H3/b14-10-. The van der Waals surface area contributed by atoms with Gasteiger partial charge in [-0.1, -0.05) is 53.2 Å². The minimum atomic E-state index is 0.255. The van der Waals surface area contributed by atoms with Crippen molar-refractivity contribution in [3.63, 3.8) is 0 Å². The Kier molecular flexibility index (Phi) is 4.82. The van der Waals surface area contributed by atoms with E-state index in [1.807, 2.05) is 42.5 Å². The third-order valence-electron chi connectivity index (χ3n) is 3.36. The molecule has 0 bridgehead atoms. The summed E-state index contributed by atoms with van der Waals surface area (Å²) in [6.45, 7) is 0. The van der Waals surface area contributed by atoms with E-state index in [0.29, 0.717) is 22.4 Å². The van der Waals surface area contributed by atoms with Crippen molar-refractivity contribution in [2.45, 2.75) is 0 Å². The average Bonchev–Trinajstić information content (AvgIpc) is 3.12. The van der Waals surface area contributed by atoms with Crippen molar-refractivity contribution in [1.29, 1.82) is 0 Å². The van der Waals surface area contributed by atoms with Gasteiger partial charge in [0.05, 0.1) is 14.2 Å². The molecule has 0 aliphatic heterocycles. The molecule has 0 atom stereocenters. The molecule has 2 aromatic carbocycles. The minimum Gasteiger partial charge on any atom is -0.493 e. The molecule has 3 rings (SSSR count). The van der Waals surface area contributed by atoms with Crippen molar-refractivity contribution in [3.8, 4) is 22.9 Å². The summed E-state index contributed by atoms with van der Waals surface area (Å²) in [5, 5.41) is 4.30. The second-order valence-electron chi connectivity index (χ2n) is 4.90. The number of methoxy groups -OCH3 is 2. The van der Waals surface area contributed by atoms with E-state index in [9.17, 15) is 0 Å². The Morgan fingerprint density at radius 1 is 1.04 bits per heavy atom. The fourth-order valence-electron chi connectivity index (χ4n) is 2.18. The van der Waals surface area contributed by atoms with E-state index in [4.69, 9.17) is 25.6 Å². The Morgan fingerprint density at radius 3 is 2.50 bits per heavy atom. The molecule has 6 heteroatoms. The molecule has 1 heterocycles. The normalized spacial score (nSPS) is 11.4. The molecule has 24 heavy (non-hydrogen) atoms. The zero-order valence-electron chi connectivity index (χ0n) is 13.2. The Labute approximate surface area is 144 Å². The van der Waals surface area contributed by atoms with Gasteiger partial charge in [-0.05, 0) is 23.8 Å². The quantitative estimate of drug-likeness (QED) is 0.683. The molecule has 5 nitrogen and oxygen atoms in total. The molecule has 122 valence electrons. The molecule has 3 aromatic rings. The van der Waals surface area contributed by atoms with Crippen LogP contribution >= 0.6 is 11.6 Å². The maximum Gasteiger partial charge on any atom is 0.269 e. The Balaban J connectivity index is 1.88. The van der Waals surface area contributed by atoms with Crippen molar-refractivity contribution in [1.82, 2.24) is 10.1 Å². The van der Waals surface area contributed by atoms with Crippen LogP contribution in [-0.4, -0.2) is 24.4 Å². The van der Waals surface area contributed by atoms with Gasteiger partial charge in [0.2, 0.25) is 5.82 Å². The van der Waals surface area contributed by atoms with Crippen molar-refractivity contribution in [2.75, 3.05) is 14.2 Å². The summed E-state index contributed by atoms with van der Waals surface area (Å²) in [7, 11) is 3.17.